The third-order valence-corrected chi connectivity index (χ3v) is 3.14. The number of aromatic nitrogens is 2. The summed E-state index contributed by atoms with van der Waals surface area (Å²) in [5, 5.41) is 0. The lowest BCUT2D eigenvalue weighted by Gasteiger charge is -2.09. The third kappa shape index (κ3) is 4.08. The van der Waals surface area contributed by atoms with Crippen molar-refractivity contribution in [1.29, 1.82) is 0 Å². The zero-order chi connectivity index (χ0) is 15.4. The number of rotatable bonds is 5. The molecule has 0 aliphatic carbocycles. The summed E-state index contributed by atoms with van der Waals surface area (Å²) < 4.78 is 5.62. The maximum Gasteiger partial charge on any atom is 0.325 e. The van der Waals surface area contributed by atoms with Gasteiger partial charge in [0, 0.05) is 17.7 Å². The van der Waals surface area contributed by atoms with Crippen LogP contribution >= 0.6 is 0 Å². The van der Waals surface area contributed by atoms with E-state index in [0.29, 0.717) is 30.2 Å². The Bertz CT molecular complexity index is 712. The summed E-state index contributed by atoms with van der Waals surface area (Å²) in [6.45, 7) is 6.60. The number of nitrogens with one attached hydrogen (secondary N) is 2. The Morgan fingerprint density at radius 1 is 1.10 bits per heavy atom. The van der Waals surface area contributed by atoms with E-state index < -0.39 is 5.69 Å². The van der Waals surface area contributed by atoms with Crippen LogP contribution in [0.1, 0.15) is 30.7 Å². The highest BCUT2D eigenvalue weighted by atomic mass is 16.5. The molecular formula is C16H20N2O3. The van der Waals surface area contributed by atoms with Gasteiger partial charge >= 0.3 is 5.69 Å². The van der Waals surface area contributed by atoms with Gasteiger partial charge in [0.2, 0.25) is 0 Å². The van der Waals surface area contributed by atoms with E-state index >= 15 is 0 Å². The van der Waals surface area contributed by atoms with Gasteiger partial charge in [0.05, 0.1) is 6.61 Å². The summed E-state index contributed by atoms with van der Waals surface area (Å²) in [5.41, 5.74) is 1.36. The van der Waals surface area contributed by atoms with Gasteiger partial charge in [-0.25, -0.2) is 4.79 Å². The van der Waals surface area contributed by atoms with Gasteiger partial charge in [0.1, 0.15) is 5.75 Å². The average molecular weight is 288 g/mol. The number of aromatic amines is 2. The molecule has 1 aromatic heterocycles. The van der Waals surface area contributed by atoms with E-state index in [9.17, 15) is 9.59 Å². The molecule has 0 fully saturated rings. The van der Waals surface area contributed by atoms with Crippen molar-refractivity contribution in [3.8, 4) is 5.75 Å². The lowest BCUT2D eigenvalue weighted by molar-refractivity contribution is 0.271. The van der Waals surface area contributed by atoms with Crippen molar-refractivity contribution in [3.63, 3.8) is 0 Å². The topological polar surface area (TPSA) is 75.0 Å². The molecule has 0 saturated heterocycles. The van der Waals surface area contributed by atoms with Crippen LogP contribution in [0.4, 0.5) is 0 Å². The van der Waals surface area contributed by atoms with Crippen molar-refractivity contribution in [3.05, 3.63) is 61.9 Å². The quantitative estimate of drug-likeness (QED) is 0.883. The Balaban J connectivity index is 2.14. The number of ether oxygens (including phenoxy) is 1. The van der Waals surface area contributed by atoms with Crippen LogP contribution in [0.2, 0.25) is 0 Å². The minimum Gasteiger partial charge on any atom is -0.493 e. The second kappa shape index (κ2) is 6.43. The van der Waals surface area contributed by atoms with Gasteiger partial charge in [-0.3, -0.25) is 9.78 Å². The summed E-state index contributed by atoms with van der Waals surface area (Å²) >= 11 is 0. The molecule has 2 aromatic rings. The third-order valence-electron chi connectivity index (χ3n) is 3.14. The van der Waals surface area contributed by atoms with Crippen LogP contribution in [0.3, 0.4) is 0 Å². The molecule has 21 heavy (non-hydrogen) atoms. The molecule has 2 N–H and O–H groups in total. The maximum atomic E-state index is 11.8. The van der Waals surface area contributed by atoms with Crippen LogP contribution < -0.4 is 16.0 Å². The molecule has 0 saturated carbocycles. The predicted molar refractivity (Wildman–Crippen MR) is 82.0 cm³/mol. The highest BCUT2D eigenvalue weighted by Crippen LogP contribution is 2.15. The number of H-pyrrole nitrogens is 2. The van der Waals surface area contributed by atoms with Gasteiger partial charge in [-0.05, 0) is 30.5 Å². The Morgan fingerprint density at radius 2 is 1.76 bits per heavy atom. The smallest absolute Gasteiger partial charge is 0.325 e. The van der Waals surface area contributed by atoms with Gasteiger partial charge in [-0.15, -0.1) is 0 Å². The molecule has 1 aromatic carbocycles. The fourth-order valence-corrected chi connectivity index (χ4v) is 2.01. The summed E-state index contributed by atoms with van der Waals surface area (Å²) in [4.78, 5) is 27.8. The fourth-order valence-electron chi connectivity index (χ4n) is 2.01. The summed E-state index contributed by atoms with van der Waals surface area (Å²) in [7, 11) is 0. The fraction of sp³-hybridized carbons (Fsp3) is 0.375. The van der Waals surface area contributed by atoms with Gasteiger partial charge < -0.3 is 9.72 Å². The highest BCUT2D eigenvalue weighted by molar-refractivity contribution is 5.31. The minimum absolute atomic E-state index is 0.337. The lowest BCUT2D eigenvalue weighted by Crippen LogP contribution is -2.27. The van der Waals surface area contributed by atoms with Crippen molar-refractivity contribution in [2.24, 2.45) is 5.92 Å². The van der Waals surface area contributed by atoms with E-state index in [0.717, 1.165) is 11.3 Å². The van der Waals surface area contributed by atoms with E-state index in [1.165, 1.54) is 0 Å². The van der Waals surface area contributed by atoms with Crippen molar-refractivity contribution < 1.29 is 4.74 Å². The van der Waals surface area contributed by atoms with Crippen molar-refractivity contribution in [1.82, 2.24) is 9.97 Å². The van der Waals surface area contributed by atoms with Gasteiger partial charge in [0.25, 0.3) is 5.56 Å². The van der Waals surface area contributed by atoms with E-state index in [-0.39, 0.29) is 5.56 Å². The molecule has 1 heterocycles. The zero-order valence-corrected chi connectivity index (χ0v) is 12.5. The normalized spacial score (nSPS) is 10.9. The SMILES string of the molecule is Cc1[nH]c(=O)[nH]c(=O)c1Cc1ccc(OCC(C)C)cc1. The molecule has 0 amide bonds. The molecular weight excluding hydrogens is 268 g/mol. The first-order chi connectivity index (χ1) is 9.95. The van der Waals surface area contributed by atoms with E-state index in [1.807, 2.05) is 24.3 Å². The van der Waals surface area contributed by atoms with Crippen LogP contribution in [-0.2, 0) is 6.42 Å². The van der Waals surface area contributed by atoms with Gasteiger partial charge in [-0.1, -0.05) is 26.0 Å². The maximum absolute atomic E-state index is 11.8. The molecule has 0 aliphatic rings. The first-order valence-corrected chi connectivity index (χ1v) is 6.99. The first kappa shape index (κ1) is 15.1. The van der Waals surface area contributed by atoms with Crippen molar-refractivity contribution >= 4 is 0 Å². The number of hydrogen-bond donors (Lipinski definition) is 2. The number of benzene rings is 1. The molecule has 0 aliphatic heterocycles. The number of hydrogen-bond acceptors (Lipinski definition) is 3. The predicted octanol–water partition coefficient (Wildman–Crippen LogP) is 2.00. The largest absolute Gasteiger partial charge is 0.493 e. The molecule has 0 bridgehead atoms. The van der Waals surface area contributed by atoms with Crippen molar-refractivity contribution in [2.75, 3.05) is 6.61 Å². The van der Waals surface area contributed by atoms with Gasteiger partial charge in [-0.2, -0.15) is 0 Å². The van der Waals surface area contributed by atoms with Gasteiger partial charge in [0.15, 0.2) is 0 Å². The molecule has 112 valence electrons. The Labute approximate surface area is 123 Å². The van der Waals surface area contributed by atoms with E-state index in [1.54, 1.807) is 6.92 Å². The summed E-state index contributed by atoms with van der Waals surface area (Å²) in [6, 6.07) is 7.65. The molecule has 0 unspecified atom stereocenters. The van der Waals surface area contributed by atoms with Crippen LogP contribution in [0.5, 0.6) is 5.75 Å². The first-order valence-electron chi connectivity index (χ1n) is 6.99. The minimum atomic E-state index is -0.473. The average Bonchev–Trinajstić information content (AvgIpc) is 2.41. The standard InChI is InChI=1S/C16H20N2O3/c1-10(2)9-21-13-6-4-12(5-7-13)8-14-11(3)17-16(20)18-15(14)19/h4-7,10H,8-9H2,1-3H3,(H2,17,18,19,20). The molecule has 0 radical (unpaired) electrons. The molecule has 0 spiro atoms. The lowest BCUT2D eigenvalue weighted by atomic mass is 10.1. The Hall–Kier alpha value is -2.30. The van der Waals surface area contributed by atoms with E-state index in [4.69, 9.17) is 4.74 Å². The zero-order valence-electron chi connectivity index (χ0n) is 12.5. The summed E-state index contributed by atoms with van der Waals surface area (Å²) in [5.74, 6) is 1.30. The summed E-state index contributed by atoms with van der Waals surface area (Å²) in [6.07, 6.45) is 0.475. The van der Waals surface area contributed by atoms with Crippen molar-refractivity contribution in [2.45, 2.75) is 27.2 Å². The van der Waals surface area contributed by atoms with Crippen LogP contribution in [0.25, 0.3) is 0 Å². The van der Waals surface area contributed by atoms with Crippen LogP contribution in [0.15, 0.2) is 33.9 Å². The second-order valence-corrected chi connectivity index (χ2v) is 5.54. The molecule has 2 rings (SSSR count). The number of aryl methyl sites for hydroxylation is 1. The molecule has 5 heteroatoms. The van der Waals surface area contributed by atoms with Crippen LogP contribution in [0, 0.1) is 12.8 Å². The molecule has 0 atom stereocenters. The monoisotopic (exact) mass is 288 g/mol. The molecule has 5 nitrogen and oxygen atoms in total. The second-order valence-electron chi connectivity index (χ2n) is 5.54. The van der Waals surface area contributed by atoms with Crippen LogP contribution in [-0.4, -0.2) is 16.6 Å². The van der Waals surface area contributed by atoms with E-state index in [2.05, 4.69) is 23.8 Å². The Kier molecular flexibility index (Phi) is 4.62. The Morgan fingerprint density at radius 3 is 2.33 bits per heavy atom. The highest BCUT2D eigenvalue weighted by Gasteiger charge is 2.07.